The highest BCUT2D eigenvalue weighted by Gasteiger charge is 2.15. The molecule has 86 valence electrons. The summed E-state index contributed by atoms with van der Waals surface area (Å²) in [5.41, 5.74) is 2.32. The molecule has 0 fully saturated rings. The van der Waals surface area contributed by atoms with Crippen molar-refractivity contribution in [3.05, 3.63) is 35.4 Å². The summed E-state index contributed by atoms with van der Waals surface area (Å²) in [4.78, 5) is 2.12. The van der Waals surface area contributed by atoms with Crippen molar-refractivity contribution in [1.29, 1.82) is 5.26 Å². The van der Waals surface area contributed by atoms with Crippen LogP contribution in [-0.4, -0.2) is 18.5 Å². The maximum absolute atomic E-state index is 9.23. The van der Waals surface area contributed by atoms with E-state index in [0.717, 1.165) is 24.9 Å². The summed E-state index contributed by atoms with van der Waals surface area (Å²) >= 11 is 0. The summed E-state index contributed by atoms with van der Waals surface area (Å²) in [6, 6.07) is 10.5. The molecule has 0 aliphatic rings. The molecule has 0 heterocycles. The van der Waals surface area contributed by atoms with Gasteiger partial charge in [0.1, 0.15) is 6.04 Å². The molecular formula is C14H20N2. The second-order valence-electron chi connectivity index (χ2n) is 4.28. The highest BCUT2D eigenvalue weighted by molar-refractivity contribution is 5.27. The molecule has 1 aromatic rings. The maximum atomic E-state index is 9.23. The van der Waals surface area contributed by atoms with Crippen LogP contribution in [0.5, 0.6) is 0 Å². The Morgan fingerprint density at radius 2 is 1.94 bits per heavy atom. The number of benzene rings is 1. The first kappa shape index (κ1) is 12.7. The number of hydrogen-bond donors (Lipinski definition) is 0. The Hall–Kier alpha value is -1.33. The summed E-state index contributed by atoms with van der Waals surface area (Å²) in [5.74, 6) is 0. The lowest BCUT2D eigenvalue weighted by Gasteiger charge is -2.22. The molecular weight excluding hydrogens is 196 g/mol. The third-order valence-corrected chi connectivity index (χ3v) is 2.82. The van der Waals surface area contributed by atoms with Gasteiger partial charge in [0.25, 0.3) is 0 Å². The first-order chi connectivity index (χ1) is 7.69. The topological polar surface area (TPSA) is 27.0 Å². The number of rotatable bonds is 5. The molecule has 1 rings (SSSR count). The van der Waals surface area contributed by atoms with Crippen LogP contribution in [0.2, 0.25) is 0 Å². The Morgan fingerprint density at radius 1 is 1.31 bits per heavy atom. The van der Waals surface area contributed by atoms with Crippen LogP contribution in [0.25, 0.3) is 0 Å². The fraction of sp³-hybridized carbons (Fsp3) is 0.500. The van der Waals surface area contributed by atoms with Gasteiger partial charge in [0.05, 0.1) is 6.07 Å². The van der Waals surface area contributed by atoms with Gasteiger partial charge in [-0.3, -0.25) is 4.90 Å². The van der Waals surface area contributed by atoms with E-state index >= 15 is 0 Å². The average Bonchev–Trinajstić information content (AvgIpc) is 2.30. The third kappa shape index (κ3) is 3.36. The molecule has 16 heavy (non-hydrogen) atoms. The molecule has 1 aromatic carbocycles. The normalized spacial score (nSPS) is 12.4. The lowest BCUT2D eigenvalue weighted by Crippen LogP contribution is -2.24. The van der Waals surface area contributed by atoms with Crippen molar-refractivity contribution >= 4 is 0 Å². The predicted octanol–water partition coefficient (Wildman–Crippen LogP) is 3.29. The van der Waals surface area contributed by atoms with Crippen molar-refractivity contribution in [3.8, 4) is 6.07 Å². The Morgan fingerprint density at radius 3 is 2.44 bits per heavy atom. The number of aryl methyl sites for hydroxylation is 1. The zero-order valence-corrected chi connectivity index (χ0v) is 10.4. The van der Waals surface area contributed by atoms with E-state index < -0.39 is 0 Å². The van der Waals surface area contributed by atoms with Gasteiger partial charge in [0.2, 0.25) is 0 Å². The van der Waals surface area contributed by atoms with Gasteiger partial charge < -0.3 is 0 Å². The smallest absolute Gasteiger partial charge is 0.123 e. The highest BCUT2D eigenvalue weighted by atomic mass is 15.1. The minimum atomic E-state index is -0.118. The molecule has 0 saturated carbocycles. The number of nitrogens with zero attached hydrogens (tertiary/aromatic N) is 2. The number of hydrogen-bond acceptors (Lipinski definition) is 2. The van der Waals surface area contributed by atoms with Gasteiger partial charge in [-0.05, 0) is 32.5 Å². The van der Waals surface area contributed by atoms with E-state index in [1.54, 1.807) is 0 Å². The fourth-order valence-electron chi connectivity index (χ4n) is 1.71. The van der Waals surface area contributed by atoms with Crippen molar-refractivity contribution in [2.75, 3.05) is 13.6 Å². The SMILES string of the molecule is CCCCN(C)C(C#N)c1ccc(C)cc1. The molecule has 0 aliphatic carbocycles. The molecule has 0 amide bonds. The van der Waals surface area contributed by atoms with Crippen LogP contribution >= 0.6 is 0 Å². The van der Waals surface area contributed by atoms with Gasteiger partial charge in [0.15, 0.2) is 0 Å². The molecule has 0 spiro atoms. The van der Waals surface area contributed by atoms with Crippen molar-refractivity contribution in [2.24, 2.45) is 0 Å². The van der Waals surface area contributed by atoms with E-state index in [1.165, 1.54) is 5.56 Å². The van der Waals surface area contributed by atoms with Crippen LogP contribution in [0, 0.1) is 18.3 Å². The van der Waals surface area contributed by atoms with E-state index in [0.29, 0.717) is 0 Å². The van der Waals surface area contributed by atoms with Crippen LogP contribution in [0.4, 0.5) is 0 Å². The molecule has 0 saturated heterocycles. The molecule has 1 atom stereocenters. The van der Waals surface area contributed by atoms with E-state index in [4.69, 9.17) is 0 Å². The molecule has 0 radical (unpaired) electrons. The lowest BCUT2D eigenvalue weighted by atomic mass is 10.0. The van der Waals surface area contributed by atoms with Crippen LogP contribution in [0.15, 0.2) is 24.3 Å². The van der Waals surface area contributed by atoms with E-state index in [2.05, 4.69) is 36.9 Å². The minimum Gasteiger partial charge on any atom is -0.287 e. The first-order valence-electron chi connectivity index (χ1n) is 5.85. The zero-order valence-electron chi connectivity index (χ0n) is 10.4. The second kappa shape index (κ2) is 6.30. The second-order valence-corrected chi connectivity index (χ2v) is 4.28. The van der Waals surface area contributed by atoms with Crippen molar-refractivity contribution in [3.63, 3.8) is 0 Å². The Labute approximate surface area is 98.5 Å². The Kier molecular flexibility index (Phi) is 5.01. The van der Waals surface area contributed by atoms with E-state index in [-0.39, 0.29) is 6.04 Å². The summed E-state index contributed by atoms with van der Waals surface area (Å²) in [5, 5.41) is 9.23. The van der Waals surface area contributed by atoms with Crippen molar-refractivity contribution < 1.29 is 0 Å². The predicted molar refractivity (Wildman–Crippen MR) is 67.1 cm³/mol. The van der Waals surface area contributed by atoms with Crippen molar-refractivity contribution in [1.82, 2.24) is 4.90 Å². The van der Waals surface area contributed by atoms with Crippen LogP contribution in [0.3, 0.4) is 0 Å². The molecule has 2 nitrogen and oxygen atoms in total. The molecule has 1 unspecified atom stereocenters. The standard InChI is InChI=1S/C14H20N2/c1-4-5-10-16(3)14(11-15)13-8-6-12(2)7-9-13/h6-9,14H,4-5,10H2,1-3H3. The van der Waals surface area contributed by atoms with E-state index in [1.807, 2.05) is 19.2 Å². The van der Waals surface area contributed by atoms with Crippen LogP contribution in [-0.2, 0) is 0 Å². The maximum Gasteiger partial charge on any atom is 0.123 e. The van der Waals surface area contributed by atoms with Gasteiger partial charge in [-0.2, -0.15) is 5.26 Å². The van der Waals surface area contributed by atoms with Gasteiger partial charge in [-0.1, -0.05) is 43.2 Å². The quantitative estimate of drug-likeness (QED) is 0.755. The third-order valence-electron chi connectivity index (χ3n) is 2.82. The van der Waals surface area contributed by atoms with E-state index in [9.17, 15) is 5.26 Å². The average molecular weight is 216 g/mol. The monoisotopic (exact) mass is 216 g/mol. The largest absolute Gasteiger partial charge is 0.287 e. The van der Waals surface area contributed by atoms with Crippen LogP contribution in [0.1, 0.15) is 36.9 Å². The molecule has 0 aliphatic heterocycles. The fourth-order valence-corrected chi connectivity index (χ4v) is 1.71. The minimum absolute atomic E-state index is 0.118. The summed E-state index contributed by atoms with van der Waals surface area (Å²) in [7, 11) is 2.02. The van der Waals surface area contributed by atoms with Crippen molar-refractivity contribution in [2.45, 2.75) is 32.7 Å². The summed E-state index contributed by atoms with van der Waals surface area (Å²) in [6.45, 7) is 5.20. The summed E-state index contributed by atoms with van der Waals surface area (Å²) in [6.07, 6.45) is 2.30. The molecule has 2 heteroatoms. The zero-order chi connectivity index (χ0) is 12.0. The molecule has 0 aromatic heterocycles. The van der Waals surface area contributed by atoms with Gasteiger partial charge in [-0.25, -0.2) is 0 Å². The molecule has 0 N–H and O–H groups in total. The molecule has 0 bridgehead atoms. The van der Waals surface area contributed by atoms with Gasteiger partial charge >= 0.3 is 0 Å². The summed E-state index contributed by atoms with van der Waals surface area (Å²) < 4.78 is 0. The number of nitriles is 1. The van der Waals surface area contributed by atoms with Gasteiger partial charge in [0, 0.05) is 0 Å². The Balaban J connectivity index is 2.74. The highest BCUT2D eigenvalue weighted by Crippen LogP contribution is 2.19. The first-order valence-corrected chi connectivity index (χ1v) is 5.85. The lowest BCUT2D eigenvalue weighted by molar-refractivity contribution is 0.286. The van der Waals surface area contributed by atoms with Crippen LogP contribution < -0.4 is 0 Å². The number of unbranched alkanes of at least 4 members (excludes halogenated alkanes) is 1. The van der Waals surface area contributed by atoms with Gasteiger partial charge in [-0.15, -0.1) is 0 Å². The Bertz CT molecular complexity index is 348.